The highest BCUT2D eigenvalue weighted by atomic mass is 35.5. The molecule has 5 aromatic heterocycles. The Hall–Kier alpha value is -3.92. The first kappa shape index (κ1) is 19.1. The van der Waals surface area contributed by atoms with Gasteiger partial charge in [0.25, 0.3) is 0 Å². The van der Waals surface area contributed by atoms with Gasteiger partial charge in [-0.1, -0.05) is 11.6 Å². The number of fused-ring (bicyclic) bond motifs is 1. The van der Waals surface area contributed by atoms with Crippen LogP contribution >= 0.6 is 11.6 Å². The first-order valence-electron chi connectivity index (χ1n) is 9.18. The Morgan fingerprint density at radius 1 is 1.16 bits per heavy atom. The highest BCUT2D eigenvalue weighted by Crippen LogP contribution is 2.35. The van der Waals surface area contributed by atoms with Gasteiger partial charge in [-0.25, -0.2) is 24.3 Å². The quantitative estimate of drug-likeness (QED) is 0.425. The summed E-state index contributed by atoms with van der Waals surface area (Å²) in [5.74, 6) is 0.220. The molecule has 0 aliphatic carbocycles. The molecule has 0 amide bonds. The van der Waals surface area contributed by atoms with Gasteiger partial charge < -0.3 is 10.2 Å². The molecule has 5 heterocycles. The highest BCUT2D eigenvalue weighted by Gasteiger charge is 2.23. The second-order valence-electron chi connectivity index (χ2n) is 6.72. The monoisotopic (exact) mass is 436 g/mol. The zero-order valence-electron chi connectivity index (χ0n) is 16.1. The van der Waals surface area contributed by atoms with Crippen molar-refractivity contribution in [2.75, 3.05) is 5.73 Å². The number of hydrogen-bond acceptors (Lipinski definition) is 8. The van der Waals surface area contributed by atoms with Gasteiger partial charge in [0.1, 0.15) is 22.9 Å². The third-order valence-corrected chi connectivity index (χ3v) is 4.75. The molecule has 5 aromatic rings. The SMILES string of the molecule is Cc1cc(-c2c(-c3ncco3)nc(N)n3nc(Cc4ncccc4F)nc23)cc(Cl)n1. The van der Waals surface area contributed by atoms with E-state index < -0.39 is 5.82 Å². The predicted octanol–water partition coefficient (Wildman–Crippen LogP) is 3.51. The van der Waals surface area contributed by atoms with Crippen molar-refractivity contribution in [3.8, 4) is 22.7 Å². The predicted molar refractivity (Wildman–Crippen MR) is 111 cm³/mol. The molecule has 11 heteroatoms. The van der Waals surface area contributed by atoms with E-state index in [4.69, 9.17) is 21.8 Å². The van der Waals surface area contributed by atoms with Crippen LogP contribution in [0, 0.1) is 12.7 Å². The lowest BCUT2D eigenvalue weighted by atomic mass is 10.0. The minimum atomic E-state index is -0.440. The number of aryl methyl sites for hydroxylation is 1. The average molecular weight is 437 g/mol. The largest absolute Gasteiger partial charge is 0.443 e. The second-order valence-corrected chi connectivity index (χ2v) is 7.11. The maximum absolute atomic E-state index is 14.1. The summed E-state index contributed by atoms with van der Waals surface area (Å²) >= 11 is 6.20. The van der Waals surface area contributed by atoms with Crippen LogP contribution < -0.4 is 5.73 Å². The van der Waals surface area contributed by atoms with Crippen molar-refractivity contribution in [1.29, 1.82) is 0 Å². The van der Waals surface area contributed by atoms with Gasteiger partial charge in [-0.2, -0.15) is 4.52 Å². The van der Waals surface area contributed by atoms with Crippen LogP contribution in [-0.2, 0) is 6.42 Å². The molecule has 0 bridgehead atoms. The Morgan fingerprint density at radius 2 is 2.03 bits per heavy atom. The summed E-state index contributed by atoms with van der Waals surface area (Å²) in [5, 5.41) is 4.72. The summed E-state index contributed by atoms with van der Waals surface area (Å²) in [7, 11) is 0. The van der Waals surface area contributed by atoms with Crippen LogP contribution in [0.5, 0.6) is 0 Å². The molecule has 0 radical (unpaired) electrons. The molecule has 31 heavy (non-hydrogen) atoms. The summed E-state index contributed by atoms with van der Waals surface area (Å²) in [6.45, 7) is 1.82. The molecule has 0 aromatic carbocycles. The molecule has 5 rings (SSSR count). The molecule has 154 valence electrons. The normalized spacial score (nSPS) is 11.3. The molecular weight excluding hydrogens is 423 g/mol. The second kappa shape index (κ2) is 7.40. The third-order valence-electron chi connectivity index (χ3n) is 4.56. The Bertz CT molecular complexity index is 1400. The Morgan fingerprint density at radius 3 is 2.77 bits per heavy atom. The summed E-state index contributed by atoms with van der Waals surface area (Å²) in [6.07, 6.45) is 4.53. The van der Waals surface area contributed by atoms with Crippen molar-refractivity contribution < 1.29 is 8.81 Å². The van der Waals surface area contributed by atoms with Crippen molar-refractivity contribution in [3.63, 3.8) is 0 Å². The first-order valence-corrected chi connectivity index (χ1v) is 9.56. The smallest absolute Gasteiger partial charge is 0.245 e. The van der Waals surface area contributed by atoms with E-state index in [0.29, 0.717) is 39.1 Å². The molecule has 0 aliphatic heterocycles. The van der Waals surface area contributed by atoms with Crippen LogP contribution in [0.15, 0.2) is 47.3 Å². The highest BCUT2D eigenvalue weighted by molar-refractivity contribution is 6.29. The van der Waals surface area contributed by atoms with E-state index in [1.54, 1.807) is 6.07 Å². The fourth-order valence-electron chi connectivity index (χ4n) is 3.31. The first-order chi connectivity index (χ1) is 15.0. The van der Waals surface area contributed by atoms with Gasteiger partial charge in [0.2, 0.25) is 11.8 Å². The van der Waals surface area contributed by atoms with Crippen LogP contribution in [0.3, 0.4) is 0 Å². The third kappa shape index (κ3) is 3.46. The van der Waals surface area contributed by atoms with Crippen LogP contribution in [0.4, 0.5) is 10.3 Å². The molecule has 0 fully saturated rings. The summed E-state index contributed by atoms with van der Waals surface area (Å²) in [5.41, 5.74) is 9.10. The molecule has 2 N–H and O–H groups in total. The van der Waals surface area contributed by atoms with Crippen molar-refractivity contribution in [3.05, 3.63) is 71.1 Å². The van der Waals surface area contributed by atoms with Gasteiger partial charge in [0, 0.05) is 11.9 Å². The van der Waals surface area contributed by atoms with Crippen molar-refractivity contribution in [2.45, 2.75) is 13.3 Å². The Kier molecular flexibility index (Phi) is 4.55. The number of halogens is 2. The Balaban J connectivity index is 1.77. The molecule has 0 saturated carbocycles. The number of oxazole rings is 1. The number of rotatable bonds is 4. The van der Waals surface area contributed by atoms with E-state index in [2.05, 4.69) is 30.0 Å². The van der Waals surface area contributed by atoms with Gasteiger partial charge in [-0.05, 0) is 36.8 Å². The zero-order chi connectivity index (χ0) is 21.5. The molecule has 0 atom stereocenters. The minimum Gasteiger partial charge on any atom is -0.443 e. The lowest BCUT2D eigenvalue weighted by Crippen LogP contribution is -2.06. The average Bonchev–Trinajstić information content (AvgIpc) is 3.39. The molecule has 0 unspecified atom stereocenters. The van der Waals surface area contributed by atoms with Gasteiger partial charge in [-0.3, -0.25) is 4.98 Å². The van der Waals surface area contributed by atoms with Crippen LogP contribution in [0.25, 0.3) is 28.4 Å². The maximum Gasteiger partial charge on any atom is 0.245 e. The molecule has 0 spiro atoms. The van der Waals surface area contributed by atoms with Crippen molar-refractivity contribution in [1.82, 2.24) is 34.5 Å². The molecule has 9 nitrogen and oxygen atoms in total. The standard InChI is InChI=1S/C20H14ClFN8O/c1-10-7-11(8-14(21)26-10)16-17(19-25-5-6-31-19)28-20(23)30-18(16)27-15(29-30)9-13-12(22)3-2-4-24-13/h2-8H,9H2,1H3,(H2,23,28). The van der Waals surface area contributed by atoms with E-state index in [-0.39, 0.29) is 24.0 Å². The summed E-state index contributed by atoms with van der Waals surface area (Å²) in [4.78, 5) is 21.5. The van der Waals surface area contributed by atoms with Gasteiger partial charge in [0.15, 0.2) is 11.5 Å². The summed E-state index contributed by atoms with van der Waals surface area (Å²) < 4.78 is 20.9. The lowest BCUT2D eigenvalue weighted by molar-refractivity contribution is 0.572. The lowest BCUT2D eigenvalue weighted by Gasteiger charge is -2.10. The van der Waals surface area contributed by atoms with E-state index in [9.17, 15) is 4.39 Å². The minimum absolute atomic E-state index is 0.0732. The van der Waals surface area contributed by atoms with E-state index in [1.807, 2.05) is 13.0 Å². The van der Waals surface area contributed by atoms with Gasteiger partial charge in [0.05, 0.1) is 23.9 Å². The van der Waals surface area contributed by atoms with Crippen LogP contribution in [0.2, 0.25) is 5.15 Å². The fraction of sp³-hybridized carbons (Fsp3) is 0.100. The topological polar surface area (TPSA) is 121 Å². The molecular formula is C20H14ClFN8O. The molecule has 0 aliphatic rings. The van der Waals surface area contributed by atoms with E-state index in [0.717, 1.165) is 0 Å². The molecule has 0 saturated heterocycles. The number of nitrogen functional groups attached to an aromatic ring is 1. The maximum atomic E-state index is 14.1. The fourth-order valence-corrected chi connectivity index (χ4v) is 3.56. The van der Waals surface area contributed by atoms with Gasteiger partial charge in [-0.15, -0.1) is 5.10 Å². The number of nitrogens with zero attached hydrogens (tertiary/aromatic N) is 7. The number of nitrogens with two attached hydrogens (primary N) is 1. The number of anilines is 1. The number of hydrogen-bond donors (Lipinski definition) is 1. The van der Waals surface area contributed by atoms with Crippen LogP contribution in [-0.4, -0.2) is 34.5 Å². The van der Waals surface area contributed by atoms with E-state index >= 15 is 0 Å². The Labute approximate surface area is 179 Å². The van der Waals surface area contributed by atoms with Crippen LogP contribution in [0.1, 0.15) is 17.2 Å². The number of pyridine rings is 2. The summed E-state index contributed by atoms with van der Waals surface area (Å²) in [6, 6.07) is 6.37. The van der Waals surface area contributed by atoms with Crippen molar-refractivity contribution in [2.24, 2.45) is 0 Å². The zero-order valence-corrected chi connectivity index (χ0v) is 16.9. The number of aromatic nitrogens is 7. The van der Waals surface area contributed by atoms with Gasteiger partial charge >= 0.3 is 0 Å². The van der Waals surface area contributed by atoms with Crippen molar-refractivity contribution >= 4 is 23.2 Å². The van der Waals surface area contributed by atoms with E-state index in [1.165, 1.54) is 35.3 Å².